The van der Waals surface area contributed by atoms with Gasteiger partial charge < -0.3 is 24.4 Å². The van der Waals surface area contributed by atoms with E-state index in [0.29, 0.717) is 29.4 Å². The second-order valence-corrected chi connectivity index (χ2v) is 10.9. The SMILES string of the molecule is COc1cc([C@H]2C(C(=O)OC(C)C)=C(C)N=C3SC=C(CC(=O)NC4CC4)N32)ccc1OCc1ccccc1. The summed E-state index contributed by atoms with van der Waals surface area (Å²) in [6, 6.07) is 15.3. The molecule has 1 fully saturated rings. The largest absolute Gasteiger partial charge is 0.493 e. The lowest BCUT2D eigenvalue weighted by Crippen LogP contribution is -2.38. The molecule has 0 bridgehead atoms. The van der Waals surface area contributed by atoms with E-state index in [1.807, 2.05) is 79.6 Å². The Morgan fingerprint density at radius 2 is 1.90 bits per heavy atom. The molecule has 5 rings (SSSR count). The van der Waals surface area contributed by atoms with Crippen molar-refractivity contribution in [2.24, 2.45) is 4.99 Å². The number of amidine groups is 1. The molecule has 0 radical (unpaired) electrons. The van der Waals surface area contributed by atoms with E-state index < -0.39 is 12.0 Å². The van der Waals surface area contributed by atoms with Crippen LogP contribution in [0.3, 0.4) is 0 Å². The van der Waals surface area contributed by atoms with Crippen LogP contribution in [0.4, 0.5) is 0 Å². The molecule has 2 aliphatic heterocycles. The van der Waals surface area contributed by atoms with Gasteiger partial charge >= 0.3 is 5.97 Å². The number of ether oxygens (including phenoxy) is 3. The highest BCUT2D eigenvalue weighted by molar-refractivity contribution is 8.16. The molecular weight excluding hydrogens is 514 g/mol. The lowest BCUT2D eigenvalue weighted by molar-refractivity contribution is -0.143. The zero-order valence-corrected chi connectivity index (χ0v) is 23.4. The Balaban J connectivity index is 1.48. The normalized spacial score (nSPS) is 18.4. The molecule has 1 aliphatic carbocycles. The first-order valence-electron chi connectivity index (χ1n) is 13.1. The van der Waals surface area contributed by atoms with E-state index in [0.717, 1.165) is 34.8 Å². The zero-order chi connectivity index (χ0) is 27.5. The van der Waals surface area contributed by atoms with Crippen molar-refractivity contribution in [3.63, 3.8) is 0 Å². The molecule has 0 spiro atoms. The Bertz CT molecular complexity index is 1350. The summed E-state index contributed by atoms with van der Waals surface area (Å²) in [5, 5.41) is 5.72. The maximum atomic E-state index is 13.4. The van der Waals surface area contributed by atoms with Gasteiger partial charge in [-0.2, -0.15) is 0 Å². The molecule has 1 atom stereocenters. The summed E-state index contributed by atoms with van der Waals surface area (Å²) in [6.45, 7) is 5.86. The average Bonchev–Trinajstić information content (AvgIpc) is 3.65. The molecule has 3 aliphatic rings. The number of hydrogen-bond acceptors (Lipinski definition) is 8. The molecule has 2 aromatic rings. The summed E-state index contributed by atoms with van der Waals surface area (Å²) < 4.78 is 17.4. The van der Waals surface area contributed by atoms with Crippen LogP contribution in [0.25, 0.3) is 0 Å². The first-order chi connectivity index (χ1) is 18.8. The van der Waals surface area contributed by atoms with Crippen LogP contribution in [-0.2, 0) is 20.9 Å². The summed E-state index contributed by atoms with van der Waals surface area (Å²) in [7, 11) is 1.59. The summed E-state index contributed by atoms with van der Waals surface area (Å²) in [5.41, 5.74) is 3.65. The van der Waals surface area contributed by atoms with Gasteiger partial charge in [-0.1, -0.05) is 48.2 Å². The Kier molecular flexibility index (Phi) is 7.97. The van der Waals surface area contributed by atoms with Gasteiger partial charge in [0.05, 0.1) is 36.9 Å². The van der Waals surface area contributed by atoms with Crippen LogP contribution in [0.1, 0.15) is 57.2 Å². The molecule has 9 heteroatoms. The minimum atomic E-state index is -0.546. The Hall–Kier alpha value is -3.72. The third-order valence-electron chi connectivity index (χ3n) is 6.59. The van der Waals surface area contributed by atoms with Gasteiger partial charge in [-0.15, -0.1) is 0 Å². The van der Waals surface area contributed by atoms with E-state index >= 15 is 0 Å². The van der Waals surface area contributed by atoms with Crippen molar-refractivity contribution in [1.29, 1.82) is 0 Å². The molecule has 2 heterocycles. The Morgan fingerprint density at radius 3 is 2.59 bits per heavy atom. The third-order valence-corrected chi connectivity index (χ3v) is 7.48. The lowest BCUT2D eigenvalue weighted by atomic mass is 9.93. The lowest BCUT2D eigenvalue weighted by Gasteiger charge is -2.36. The number of esters is 1. The number of carbonyl (C=O) groups is 2. The Morgan fingerprint density at radius 1 is 1.13 bits per heavy atom. The third kappa shape index (κ3) is 6.14. The monoisotopic (exact) mass is 547 g/mol. The number of nitrogens with one attached hydrogen (secondary N) is 1. The fourth-order valence-electron chi connectivity index (χ4n) is 4.60. The van der Waals surface area contributed by atoms with Gasteiger partial charge in [0.1, 0.15) is 6.61 Å². The van der Waals surface area contributed by atoms with Crippen molar-refractivity contribution < 1.29 is 23.8 Å². The second-order valence-electron chi connectivity index (χ2n) is 10.1. The standard InChI is InChI=1S/C30H33N3O5S/c1-18(2)38-29(35)27-19(3)31-30-33(23(17-39-30)15-26(34)32-22-11-12-22)28(27)21-10-13-24(25(14-21)36-4)37-16-20-8-6-5-7-9-20/h5-10,13-14,17-18,22,28H,11-12,15-16H2,1-4H3,(H,32,34)/t28-/m0/s1. The molecule has 2 aromatic carbocycles. The minimum absolute atomic E-state index is 0.0378. The summed E-state index contributed by atoms with van der Waals surface area (Å²) >= 11 is 1.45. The van der Waals surface area contributed by atoms with Crippen LogP contribution in [0.15, 0.2) is 75.9 Å². The molecule has 1 N–H and O–H groups in total. The van der Waals surface area contributed by atoms with Gasteiger partial charge in [-0.05, 0) is 62.3 Å². The highest BCUT2D eigenvalue weighted by Gasteiger charge is 2.42. The van der Waals surface area contributed by atoms with Crippen molar-refractivity contribution in [2.75, 3.05) is 7.11 Å². The van der Waals surface area contributed by atoms with Crippen LogP contribution in [0.5, 0.6) is 11.5 Å². The van der Waals surface area contributed by atoms with Crippen molar-refractivity contribution in [3.05, 3.63) is 82.0 Å². The van der Waals surface area contributed by atoms with Crippen molar-refractivity contribution >= 4 is 28.8 Å². The van der Waals surface area contributed by atoms with E-state index in [1.165, 1.54) is 11.8 Å². The predicted molar refractivity (Wildman–Crippen MR) is 151 cm³/mol. The summed E-state index contributed by atoms with van der Waals surface area (Å²) in [5.74, 6) is 0.671. The van der Waals surface area contributed by atoms with E-state index in [1.54, 1.807) is 7.11 Å². The first kappa shape index (κ1) is 26.9. The molecule has 0 aromatic heterocycles. The highest BCUT2D eigenvalue weighted by atomic mass is 32.2. The topological polar surface area (TPSA) is 89.5 Å². The first-order valence-corrected chi connectivity index (χ1v) is 14.0. The number of methoxy groups -OCH3 is 1. The summed E-state index contributed by atoms with van der Waals surface area (Å²) in [4.78, 5) is 32.9. The van der Waals surface area contributed by atoms with Crippen LogP contribution < -0.4 is 14.8 Å². The molecule has 1 saturated carbocycles. The smallest absolute Gasteiger partial charge is 0.338 e. The number of amides is 1. The van der Waals surface area contributed by atoms with Crippen molar-refractivity contribution in [1.82, 2.24) is 10.2 Å². The fourth-order valence-corrected chi connectivity index (χ4v) is 5.57. The zero-order valence-electron chi connectivity index (χ0n) is 22.6. The number of aliphatic imine (C=N–C) groups is 1. The number of benzene rings is 2. The number of hydrogen-bond donors (Lipinski definition) is 1. The number of allylic oxidation sites excluding steroid dienone is 1. The number of thioether (sulfide) groups is 1. The predicted octanol–water partition coefficient (Wildman–Crippen LogP) is 5.47. The molecule has 0 saturated heterocycles. The fraction of sp³-hybridized carbons (Fsp3) is 0.367. The van der Waals surface area contributed by atoms with Gasteiger partial charge in [-0.3, -0.25) is 4.79 Å². The molecule has 8 nitrogen and oxygen atoms in total. The van der Waals surface area contributed by atoms with Gasteiger partial charge in [0.15, 0.2) is 16.7 Å². The van der Waals surface area contributed by atoms with Gasteiger partial charge in [0.25, 0.3) is 0 Å². The van der Waals surface area contributed by atoms with Crippen LogP contribution in [-0.4, -0.2) is 41.2 Å². The van der Waals surface area contributed by atoms with Crippen LogP contribution in [0, 0.1) is 0 Å². The maximum absolute atomic E-state index is 13.4. The maximum Gasteiger partial charge on any atom is 0.338 e. The van der Waals surface area contributed by atoms with Crippen LogP contribution in [0.2, 0.25) is 0 Å². The molecule has 0 unspecified atom stereocenters. The minimum Gasteiger partial charge on any atom is -0.493 e. The van der Waals surface area contributed by atoms with Gasteiger partial charge in [-0.25, -0.2) is 9.79 Å². The van der Waals surface area contributed by atoms with Crippen LogP contribution >= 0.6 is 11.8 Å². The molecular formula is C30H33N3O5S. The number of rotatable bonds is 10. The molecule has 1 amide bonds. The molecule has 204 valence electrons. The highest BCUT2D eigenvalue weighted by Crippen LogP contribution is 2.46. The number of nitrogens with zero attached hydrogens (tertiary/aromatic N) is 2. The van der Waals surface area contributed by atoms with E-state index in [2.05, 4.69) is 5.32 Å². The van der Waals surface area contributed by atoms with Crippen molar-refractivity contribution in [3.8, 4) is 11.5 Å². The number of carbonyl (C=O) groups excluding carboxylic acids is 2. The van der Waals surface area contributed by atoms with Gasteiger partial charge in [0, 0.05) is 11.7 Å². The summed E-state index contributed by atoms with van der Waals surface area (Å²) in [6.07, 6.45) is 1.94. The number of fused-ring (bicyclic) bond motifs is 1. The second kappa shape index (κ2) is 11.6. The molecule has 39 heavy (non-hydrogen) atoms. The van der Waals surface area contributed by atoms with Crippen molar-refractivity contribution in [2.45, 2.75) is 64.8 Å². The van der Waals surface area contributed by atoms with E-state index in [-0.39, 0.29) is 24.5 Å². The Labute approximate surface area is 233 Å². The quantitative estimate of drug-likeness (QED) is 0.395. The van der Waals surface area contributed by atoms with E-state index in [4.69, 9.17) is 19.2 Å². The van der Waals surface area contributed by atoms with Gasteiger partial charge in [0.2, 0.25) is 5.91 Å². The van der Waals surface area contributed by atoms with E-state index in [9.17, 15) is 9.59 Å². The average molecular weight is 548 g/mol.